The maximum atomic E-state index is 12.2. The maximum absolute atomic E-state index is 12.2. The third kappa shape index (κ3) is 3.66. The number of aliphatic hydroxyl groups is 1. The van der Waals surface area contributed by atoms with Gasteiger partial charge in [-0.15, -0.1) is 13.2 Å². The quantitative estimate of drug-likeness (QED) is 0.773. The molecule has 0 fully saturated rings. The van der Waals surface area contributed by atoms with E-state index in [9.17, 15) is 13.2 Å². The molecule has 0 amide bonds. The molecule has 2 heterocycles. The van der Waals surface area contributed by atoms with E-state index in [1.54, 1.807) is 11.2 Å². The summed E-state index contributed by atoms with van der Waals surface area (Å²) in [6.07, 6.45) is -1.93. The fourth-order valence-electron chi connectivity index (χ4n) is 2.32. The number of halogens is 3. The lowest BCUT2D eigenvalue weighted by molar-refractivity contribution is -0.274. The Balaban J connectivity index is 1.68. The molecule has 1 aromatic carbocycles. The van der Waals surface area contributed by atoms with Gasteiger partial charge in [-0.3, -0.25) is 0 Å². The van der Waals surface area contributed by atoms with Crippen LogP contribution in [-0.4, -0.2) is 48.0 Å². The first-order chi connectivity index (χ1) is 11.5. The van der Waals surface area contributed by atoms with Crippen molar-refractivity contribution in [3.63, 3.8) is 0 Å². The molecule has 2 aliphatic rings. The smallest absolute Gasteiger partial charge is 0.406 e. The fourth-order valence-corrected chi connectivity index (χ4v) is 2.32. The summed E-state index contributed by atoms with van der Waals surface area (Å²) < 4.78 is 40.3. The highest BCUT2D eigenvalue weighted by Crippen LogP contribution is 2.25. The number of nitrogens with one attached hydrogen (secondary N) is 2. The van der Waals surface area contributed by atoms with Crippen molar-refractivity contribution in [1.29, 1.82) is 0 Å². The van der Waals surface area contributed by atoms with Crippen LogP contribution in [0.15, 0.2) is 46.0 Å². The molecule has 0 bridgehead atoms. The lowest BCUT2D eigenvalue weighted by Crippen LogP contribution is -2.41. The molecule has 1 atom stereocenters. The lowest BCUT2D eigenvalue weighted by atomic mass is 10.2. The maximum Gasteiger partial charge on any atom is 0.573 e. The van der Waals surface area contributed by atoms with Gasteiger partial charge >= 0.3 is 6.36 Å². The predicted molar refractivity (Wildman–Crippen MR) is 81.5 cm³/mol. The number of hydrazine groups is 1. The van der Waals surface area contributed by atoms with E-state index in [4.69, 9.17) is 5.11 Å². The molecule has 2 aliphatic heterocycles. The number of β-amino-alcohol motifs (C(OH)–C–C–N with tert-alkyl or cyclic N) is 1. The van der Waals surface area contributed by atoms with Crippen LogP contribution in [0.2, 0.25) is 0 Å². The van der Waals surface area contributed by atoms with Gasteiger partial charge in [0.25, 0.3) is 0 Å². The van der Waals surface area contributed by atoms with E-state index in [1.807, 2.05) is 0 Å². The van der Waals surface area contributed by atoms with Crippen molar-refractivity contribution < 1.29 is 23.0 Å². The average Bonchev–Trinajstić information content (AvgIpc) is 2.93. The zero-order chi connectivity index (χ0) is 17.2. The Labute approximate surface area is 135 Å². The molecule has 1 unspecified atom stereocenters. The molecule has 128 valence electrons. The molecule has 7 nitrogen and oxygen atoms in total. The van der Waals surface area contributed by atoms with Gasteiger partial charge in [0.2, 0.25) is 0 Å². The Morgan fingerprint density at radius 3 is 2.71 bits per heavy atom. The zero-order valence-electron chi connectivity index (χ0n) is 12.3. The van der Waals surface area contributed by atoms with Crippen LogP contribution in [0.1, 0.15) is 0 Å². The van der Waals surface area contributed by atoms with Crippen molar-refractivity contribution >= 4 is 17.9 Å². The number of ether oxygens (including phenoxy) is 1. The Morgan fingerprint density at radius 2 is 2.04 bits per heavy atom. The number of rotatable bonds is 4. The Bertz CT molecular complexity index is 685. The van der Waals surface area contributed by atoms with Gasteiger partial charge in [0.15, 0.2) is 6.17 Å². The van der Waals surface area contributed by atoms with Crippen LogP contribution in [0.4, 0.5) is 18.9 Å². The molecule has 3 N–H and O–H groups in total. The number of hydrogen-bond donors (Lipinski definition) is 3. The minimum absolute atomic E-state index is 0.0271. The summed E-state index contributed by atoms with van der Waals surface area (Å²) in [5, 5.41) is 13.8. The van der Waals surface area contributed by atoms with Crippen LogP contribution in [0.5, 0.6) is 5.75 Å². The highest BCUT2D eigenvalue weighted by atomic mass is 19.4. The van der Waals surface area contributed by atoms with Crippen LogP contribution in [0.3, 0.4) is 0 Å². The largest absolute Gasteiger partial charge is 0.573 e. The number of anilines is 1. The molecule has 10 heteroatoms. The number of hydrogen-bond acceptors (Lipinski definition) is 7. The summed E-state index contributed by atoms with van der Waals surface area (Å²) in [5.41, 5.74) is 4.30. The van der Waals surface area contributed by atoms with E-state index in [2.05, 4.69) is 25.5 Å². The van der Waals surface area contributed by atoms with E-state index in [0.717, 1.165) is 5.57 Å². The summed E-state index contributed by atoms with van der Waals surface area (Å²) >= 11 is 0. The Hall–Kier alpha value is -2.59. The van der Waals surface area contributed by atoms with E-state index in [1.165, 1.54) is 30.6 Å². The molecular weight excluding hydrogens is 327 g/mol. The molecule has 0 aromatic heterocycles. The van der Waals surface area contributed by atoms with Crippen LogP contribution < -0.4 is 15.5 Å². The van der Waals surface area contributed by atoms with Gasteiger partial charge in [-0.05, 0) is 24.3 Å². The van der Waals surface area contributed by atoms with Crippen LogP contribution in [0.25, 0.3) is 0 Å². The number of fused-ring (bicyclic) bond motifs is 1. The van der Waals surface area contributed by atoms with E-state index in [0.29, 0.717) is 18.1 Å². The summed E-state index contributed by atoms with van der Waals surface area (Å²) in [5.74, 6) is 0.223. The van der Waals surface area contributed by atoms with Crippen molar-refractivity contribution in [2.45, 2.75) is 12.5 Å². The average molecular weight is 341 g/mol. The second-order valence-electron chi connectivity index (χ2n) is 4.96. The normalized spacial score (nSPS) is 20.1. The highest BCUT2D eigenvalue weighted by molar-refractivity contribution is 6.12. The number of aliphatic hydroxyl groups excluding tert-OH is 1. The van der Waals surface area contributed by atoms with Crippen LogP contribution in [0, 0.1) is 0 Å². The SMILES string of the molecule is OCCN1NC=C2C(Nc3ccc(OC(F)(F)F)cc3)=NC=NC21. The van der Waals surface area contributed by atoms with Crippen LogP contribution in [-0.2, 0) is 0 Å². The summed E-state index contributed by atoms with van der Waals surface area (Å²) in [7, 11) is 0. The van der Waals surface area contributed by atoms with Gasteiger partial charge in [-0.2, -0.15) is 5.01 Å². The van der Waals surface area contributed by atoms with Crippen molar-refractivity contribution in [3.8, 4) is 5.75 Å². The van der Waals surface area contributed by atoms with Gasteiger partial charge in [-0.1, -0.05) is 0 Å². The molecule has 0 radical (unpaired) electrons. The number of nitrogens with zero attached hydrogens (tertiary/aromatic N) is 3. The number of amidine groups is 1. The van der Waals surface area contributed by atoms with Gasteiger partial charge in [0.1, 0.15) is 17.9 Å². The Kier molecular flexibility index (Phi) is 4.40. The van der Waals surface area contributed by atoms with E-state index in [-0.39, 0.29) is 18.5 Å². The molecule has 0 aliphatic carbocycles. The lowest BCUT2D eigenvalue weighted by Gasteiger charge is -2.24. The Morgan fingerprint density at radius 1 is 1.29 bits per heavy atom. The van der Waals surface area contributed by atoms with Gasteiger partial charge in [0.05, 0.1) is 12.2 Å². The first-order valence-corrected chi connectivity index (χ1v) is 7.03. The van der Waals surface area contributed by atoms with Gasteiger partial charge < -0.3 is 20.6 Å². The second kappa shape index (κ2) is 6.49. The first-order valence-electron chi connectivity index (χ1n) is 7.03. The fraction of sp³-hybridized carbons (Fsp3) is 0.286. The molecule has 0 saturated heterocycles. The molecular formula is C14H14F3N5O2. The topological polar surface area (TPSA) is 81.5 Å². The molecule has 1 aromatic rings. The van der Waals surface area contributed by atoms with Crippen molar-refractivity contribution in [1.82, 2.24) is 10.4 Å². The van der Waals surface area contributed by atoms with Crippen molar-refractivity contribution in [2.24, 2.45) is 9.98 Å². The van der Waals surface area contributed by atoms with E-state index < -0.39 is 6.36 Å². The number of aliphatic imine (C=N–C) groups is 2. The predicted octanol–water partition coefficient (Wildman–Crippen LogP) is 1.46. The zero-order valence-corrected chi connectivity index (χ0v) is 12.3. The summed E-state index contributed by atoms with van der Waals surface area (Å²) in [6.45, 7) is 0.361. The minimum atomic E-state index is -4.72. The van der Waals surface area contributed by atoms with Gasteiger partial charge in [-0.25, -0.2) is 9.98 Å². The monoisotopic (exact) mass is 341 g/mol. The first kappa shape index (κ1) is 16.3. The third-order valence-electron chi connectivity index (χ3n) is 3.32. The highest BCUT2D eigenvalue weighted by Gasteiger charge is 2.32. The molecule has 0 saturated carbocycles. The number of benzene rings is 1. The van der Waals surface area contributed by atoms with Gasteiger partial charge in [0, 0.05) is 18.4 Å². The summed E-state index contributed by atoms with van der Waals surface area (Å²) in [6, 6.07) is 5.34. The van der Waals surface area contributed by atoms with E-state index >= 15 is 0 Å². The molecule has 3 rings (SSSR count). The van der Waals surface area contributed by atoms with Crippen molar-refractivity contribution in [2.75, 3.05) is 18.5 Å². The molecule has 24 heavy (non-hydrogen) atoms. The number of alkyl halides is 3. The third-order valence-corrected chi connectivity index (χ3v) is 3.32. The van der Waals surface area contributed by atoms with Crippen LogP contribution >= 0.6 is 0 Å². The summed E-state index contributed by atoms with van der Waals surface area (Å²) in [4.78, 5) is 8.37. The molecule has 0 spiro atoms. The second-order valence-corrected chi connectivity index (χ2v) is 4.96. The minimum Gasteiger partial charge on any atom is -0.406 e. The standard InChI is InChI=1S/C14H14F3N5O2/c15-14(16,17)24-10-3-1-9(2-4-10)21-12-11-7-20-22(5-6-23)13(11)19-8-18-12/h1-4,7-8,13,20,23H,5-6H2,(H,18,19,21). The van der Waals surface area contributed by atoms with Crippen molar-refractivity contribution in [3.05, 3.63) is 36.0 Å².